The maximum absolute atomic E-state index is 12.6. The molecule has 4 N–H and O–H groups in total. The van der Waals surface area contributed by atoms with Crippen LogP contribution in [0, 0.1) is 0 Å². The van der Waals surface area contributed by atoms with E-state index in [1.165, 1.54) is 0 Å². The first-order chi connectivity index (χ1) is 16.6. The molecule has 35 heavy (non-hydrogen) atoms. The number of carboxylic acids is 1. The van der Waals surface area contributed by atoms with Crippen LogP contribution in [0.5, 0.6) is 0 Å². The monoisotopic (exact) mass is 493 g/mol. The van der Waals surface area contributed by atoms with Gasteiger partial charge in [0.05, 0.1) is 6.54 Å². The van der Waals surface area contributed by atoms with Crippen molar-refractivity contribution in [1.82, 2.24) is 16.0 Å². The Hall–Kier alpha value is -2.90. The van der Waals surface area contributed by atoms with E-state index >= 15 is 0 Å². The number of allylic oxidation sites excluding steroid dienone is 6. The summed E-state index contributed by atoms with van der Waals surface area (Å²) in [6.07, 6.45) is 11.0. The fourth-order valence-corrected chi connectivity index (χ4v) is 2.84. The van der Waals surface area contributed by atoms with Gasteiger partial charge < -0.3 is 21.1 Å². The molecule has 8 heteroatoms. The summed E-state index contributed by atoms with van der Waals surface area (Å²) in [4.78, 5) is 48.0. The van der Waals surface area contributed by atoms with Gasteiger partial charge in [0, 0.05) is 18.9 Å². The second-order valence-corrected chi connectivity index (χ2v) is 7.98. The molecule has 0 saturated heterocycles. The normalized spacial score (nSPS) is 13.3. The Morgan fingerprint density at radius 3 is 2.00 bits per heavy atom. The second kappa shape index (κ2) is 21.6. The highest BCUT2D eigenvalue weighted by atomic mass is 16.4. The summed E-state index contributed by atoms with van der Waals surface area (Å²) in [5, 5.41) is 16.8. The van der Waals surface area contributed by atoms with Gasteiger partial charge in [0.2, 0.25) is 17.7 Å². The van der Waals surface area contributed by atoms with Crippen molar-refractivity contribution < 1.29 is 24.3 Å². The number of rotatable bonds is 16. The molecule has 0 fully saturated rings. The molecule has 0 aromatic heterocycles. The smallest absolute Gasteiger partial charge is 0.303 e. The molecule has 200 valence electrons. The fraction of sp³-hybridized carbons (Fsp3) is 0.630. The van der Waals surface area contributed by atoms with Crippen LogP contribution in [-0.4, -0.2) is 47.4 Å². The molecule has 0 aliphatic heterocycles. The Bertz CT molecular complexity index is 741. The summed E-state index contributed by atoms with van der Waals surface area (Å²) in [5.41, 5.74) is 2.10. The highest BCUT2D eigenvalue weighted by Gasteiger charge is 2.22. The van der Waals surface area contributed by atoms with Crippen molar-refractivity contribution in [1.29, 1.82) is 0 Å². The minimum Gasteiger partial charge on any atom is -0.481 e. The van der Waals surface area contributed by atoms with E-state index in [2.05, 4.69) is 29.0 Å². The number of amides is 3. The minimum absolute atomic E-state index is 0.0171. The summed E-state index contributed by atoms with van der Waals surface area (Å²) >= 11 is 0. The van der Waals surface area contributed by atoms with Crippen molar-refractivity contribution >= 4 is 23.7 Å². The van der Waals surface area contributed by atoms with E-state index in [0.717, 1.165) is 30.4 Å². The number of aliphatic carboxylic acids is 1. The van der Waals surface area contributed by atoms with Crippen molar-refractivity contribution in [2.24, 2.45) is 0 Å². The van der Waals surface area contributed by atoms with Crippen LogP contribution in [0.25, 0.3) is 0 Å². The fourth-order valence-electron chi connectivity index (χ4n) is 2.84. The van der Waals surface area contributed by atoms with Crippen LogP contribution in [0.3, 0.4) is 0 Å². The molecule has 0 aliphatic carbocycles. The molecule has 0 rings (SSSR count). The Balaban J connectivity index is 0. The summed E-state index contributed by atoms with van der Waals surface area (Å²) in [6, 6.07) is -1.04. The molecule has 0 spiro atoms. The van der Waals surface area contributed by atoms with Gasteiger partial charge in [-0.3, -0.25) is 19.2 Å². The van der Waals surface area contributed by atoms with E-state index in [1.54, 1.807) is 0 Å². The molecule has 3 amide bonds. The quantitative estimate of drug-likeness (QED) is 0.237. The third kappa shape index (κ3) is 18.1. The number of hydrogen-bond donors (Lipinski definition) is 4. The topological polar surface area (TPSA) is 125 Å². The molecular weight excluding hydrogens is 446 g/mol. The molecule has 0 bridgehead atoms. The zero-order valence-corrected chi connectivity index (χ0v) is 22.7. The maximum Gasteiger partial charge on any atom is 0.303 e. The number of carbonyl (C=O) groups excluding carboxylic acids is 3. The first-order valence-electron chi connectivity index (χ1n) is 12.7. The summed E-state index contributed by atoms with van der Waals surface area (Å²) < 4.78 is 0. The molecule has 0 heterocycles. The van der Waals surface area contributed by atoms with Gasteiger partial charge >= 0.3 is 5.97 Å². The van der Waals surface area contributed by atoms with E-state index in [1.807, 2.05) is 59.8 Å². The van der Waals surface area contributed by atoms with Crippen molar-refractivity contribution in [3.05, 3.63) is 35.5 Å². The van der Waals surface area contributed by atoms with Gasteiger partial charge in [-0.25, -0.2) is 0 Å². The lowest BCUT2D eigenvalue weighted by Gasteiger charge is -2.18. The van der Waals surface area contributed by atoms with E-state index in [0.29, 0.717) is 6.42 Å². The lowest BCUT2D eigenvalue weighted by atomic mass is 10.0. The van der Waals surface area contributed by atoms with Gasteiger partial charge in [0.25, 0.3) is 0 Å². The number of carboxylic acid groups (broad SMARTS) is 1. The van der Waals surface area contributed by atoms with Gasteiger partial charge in [0.15, 0.2) is 0 Å². The lowest BCUT2D eigenvalue weighted by Crippen LogP contribution is -2.49. The van der Waals surface area contributed by atoms with Gasteiger partial charge in [-0.05, 0) is 57.1 Å². The number of hydrogen-bond acceptors (Lipinski definition) is 4. The van der Waals surface area contributed by atoms with E-state index in [4.69, 9.17) is 5.11 Å². The second-order valence-electron chi connectivity index (χ2n) is 7.98. The van der Waals surface area contributed by atoms with Crippen LogP contribution in [0.1, 0.15) is 93.4 Å². The van der Waals surface area contributed by atoms with Crippen LogP contribution < -0.4 is 16.0 Å². The summed E-state index contributed by atoms with van der Waals surface area (Å²) in [7, 11) is 0. The predicted octanol–water partition coefficient (Wildman–Crippen LogP) is 4.42. The van der Waals surface area contributed by atoms with Crippen LogP contribution in [0.15, 0.2) is 35.5 Å². The molecule has 0 aliphatic rings. The van der Waals surface area contributed by atoms with E-state index in [9.17, 15) is 19.2 Å². The first-order valence-corrected chi connectivity index (χ1v) is 12.7. The van der Waals surface area contributed by atoms with Crippen LogP contribution >= 0.6 is 0 Å². The molecule has 0 saturated carbocycles. The maximum atomic E-state index is 12.6. The van der Waals surface area contributed by atoms with Crippen molar-refractivity contribution in [3.8, 4) is 0 Å². The average Bonchev–Trinajstić information content (AvgIpc) is 2.84. The van der Waals surface area contributed by atoms with Crippen molar-refractivity contribution in [2.75, 3.05) is 6.54 Å². The molecule has 0 aromatic rings. The zero-order chi connectivity index (χ0) is 27.2. The van der Waals surface area contributed by atoms with Gasteiger partial charge in [-0.15, -0.1) is 0 Å². The van der Waals surface area contributed by atoms with Gasteiger partial charge in [0.1, 0.15) is 6.04 Å². The van der Waals surface area contributed by atoms with Crippen LogP contribution in [0.4, 0.5) is 0 Å². The van der Waals surface area contributed by atoms with Crippen LogP contribution in [-0.2, 0) is 19.2 Å². The first kappa shape index (κ1) is 34.3. The number of carbonyl (C=O) groups is 4. The Morgan fingerprint density at radius 2 is 1.46 bits per heavy atom. The molecule has 0 radical (unpaired) electrons. The van der Waals surface area contributed by atoms with Crippen LogP contribution in [0.2, 0.25) is 0 Å². The molecule has 8 nitrogen and oxygen atoms in total. The highest BCUT2D eigenvalue weighted by Crippen LogP contribution is 2.15. The minimum atomic E-state index is -1.06. The molecule has 2 unspecified atom stereocenters. The molecule has 0 aromatic carbocycles. The third-order valence-electron chi connectivity index (χ3n) is 5.03. The average molecular weight is 494 g/mol. The number of nitrogens with one attached hydrogen (secondary N) is 3. The summed E-state index contributed by atoms with van der Waals surface area (Å²) in [6.45, 7) is 13.6. The van der Waals surface area contributed by atoms with Crippen molar-refractivity contribution in [3.63, 3.8) is 0 Å². The van der Waals surface area contributed by atoms with E-state index in [-0.39, 0.29) is 43.7 Å². The predicted molar refractivity (Wildman–Crippen MR) is 142 cm³/mol. The Morgan fingerprint density at radius 1 is 0.857 bits per heavy atom. The third-order valence-corrected chi connectivity index (χ3v) is 5.03. The molecule has 2 atom stereocenters. The van der Waals surface area contributed by atoms with E-state index < -0.39 is 17.9 Å². The molecular formula is C27H47N3O5. The zero-order valence-electron chi connectivity index (χ0n) is 22.7. The SMILES string of the molecule is CC.CC\C=C/C(CCC(=O)NC(CCC(=O)O)C(=O)NCC(=O)NC(C)CC)=C(C)\C=C\CC. The lowest BCUT2D eigenvalue weighted by molar-refractivity contribution is -0.138. The Kier molecular flexibility index (Phi) is 21.2. The highest BCUT2D eigenvalue weighted by molar-refractivity contribution is 5.90. The Labute approximate surface area is 211 Å². The van der Waals surface area contributed by atoms with Crippen molar-refractivity contribution in [2.45, 2.75) is 105 Å². The largest absolute Gasteiger partial charge is 0.481 e. The van der Waals surface area contributed by atoms with Gasteiger partial charge in [-0.2, -0.15) is 0 Å². The summed E-state index contributed by atoms with van der Waals surface area (Å²) in [5.74, 6) is -2.33. The standard InChI is InChI=1S/C25H41N3O5.C2H6/c1-6-9-11-18(4)20(12-10-7-2)13-15-22(29)28-21(14-16-24(31)32)25(33)26-17-23(30)27-19(5)8-3;1-2/h9-12,19,21H,6-8,13-17H2,1-5H3,(H,26,33)(H,27,30)(H,28,29)(H,31,32);1-2H3/b11-9+,12-10-,20-18+;. The van der Waals surface area contributed by atoms with Gasteiger partial charge in [-0.1, -0.05) is 58.9 Å².